The summed E-state index contributed by atoms with van der Waals surface area (Å²) in [4.78, 5) is 4.28. The van der Waals surface area contributed by atoms with Crippen molar-refractivity contribution in [2.45, 2.75) is 6.04 Å². The molecule has 0 saturated heterocycles. The summed E-state index contributed by atoms with van der Waals surface area (Å²) < 4.78 is 2.74. The Morgan fingerprint density at radius 2 is 2.29 bits per heavy atom. The Balaban J connectivity index is 2.50. The van der Waals surface area contributed by atoms with Crippen LogP contribution in [0, 0.1) is 0 Å². The lowest BCUT2D eigenvalue weighted by Gasteiger charge is -2.18. The molecule has 0 radical (unpaired) electrons. The van der Waals surface area contributed by atoms with Gasteiger partial charge in [-0.1, -0.05) is 23.7 Å². The second-order valence-electron chi connectivity index (χ2n) is 3.64. The van der Waals surface area contributed by atoms with E-state index in [2.05, 4.69) is 26.3 Å². The molecule has 3 N–H and O–H groups in total. The highest BCUT2D eigenvalue weighted by Gasteiger charge is 2.20. The maximum atomic E-state index is 6.26. The smallest absolute Gasteiger partial charge is 0.131 e. The minimum Gasteiger partial charge on any atom is -0.336 e. The van der Waals surface area contributed by atoms with Crippen molar-refractivity contribution < 1.29 is 0 Å². The molecule has 1 aromatic carbocycles. The molecule has 0 aliphatic heterocycles. The van der Waals surface area contributed by atoms with Crippen LogP contribution in [0.4, 0.5) is 0 Å². The van der Waals surface area contributed by atoms with Crippen LogP contribution in [0.25, 0.3) is 0 Å². The lowest BCUT2D eigenvalue weighted by atomic mass is 10.1. The summed E-state index contributed by atoms with van der Waals surface area (Å²) in [5.74, 6) is 6.42. The van der Waals surface area contributed by atoms with Gasteiger partial charge in [0.1, 0.15) is 11.9 Å². The number of aryl methyl sites for hydroxylation is 1. The van der Waals surface area contributed by atoms with E-state index in [9.17, 15) is 0 Å². The highest BCUT2D eigenvalue weighted by atomic mass is 79.9. The molecule has 2 aromatic rings. The highest BCUT2D eigenvalue weighted by molar-refractivity contribution is 9.10. The van der Waals surface area contributed by atoms with Crippen LogP contribution < -0.4 is 11.3 Å². The van der Waals surface area contributed by atoms with Crippen molar-refractivity contribution in [1.82, 2.24) is 15.0 Å². The monoisotopic (exact) mass is 314 g/mol. The number of nitrogens with zero attached hydrogens (tertiary/aromatic N) is 2. The molecule has 4 nitrogen and oxygen atoms in total. The second kappa shape index (κ2) is 5.18. The molecule has 6 heteroatoms. The van der Waals surface area contributed by atoms with Crippen molar-refractivity contribution in [1.29, 1.82) is 0 Å². The van der Waals surface area contributed by atoms with Gasteiger partial charge in [0, 0.05) is 23.9 Å². The zero-order chi connectivity index (χ0) is 12.4. The average Bonchev–Trinajstić information content (AvgIpc) is 2.72. The number of halogens is 2. The summed E-state index contributed by atoms with van der Waals surface area (Å²) >= 11 is 9.65. The molecular weight excluding hydrogens is 304 g/mol. The van der Waals surface area contributed by atoms with Crippen LogP contribution >= 0.6 is 27.5 Å². The molecule has 0 bridgehead atoms. The third kappa shape index (κ3) is 2.37. The minimum absolute atomic E-state index is 0.236. The topological polar surface area (TPSA) is 55.9 Å². The van der Waals surface area contributed by atoms with Gasteiger partial charge in [-0.2, -0.15) is 0 Å². The van der Waals surface area contributed by atoms with Crippen molar-refractivity contribution in [3.05, 3.63) is 51.5 Å². The third-order valence-corrected chi connectivity index (χ3v) is 3.89. The Morgan fingerprint density at radius 1 is 1.53 bits per heavy atom. The summed E-state index contributed by atoms with van der Waals surface area (Å²) in [5, 5.41) is 0.637. The van der Waals surface area contributed by atoms with E-state index in [0.717, 1.165) is 15.9 Å². The Kier molecular flexibility index (Phi) is 3.83. The van der Waals surface area contributed by atoms with Crippen molar-refractivity contribution in [3.63, 3.8) is 0 Å². The summed E-state index contributed by atoms with van der Waals surface area (Å²) in [6.07, 6.45) is 3.59. The van der Waals surface area contributed by atoms with E-state index < -0.39 is 0 Å². The van der Waals surface area contributed by atoms with Gasteiger partial charge in [0.05, 0.1) is 5.02 Å². The second-order valence-corrected chi connectivity index (χ2v) is 4.87. The van der Waals surface area contributed by atoms with Crippen LogP contribution in [0.2, 0.25) is 5.02 Å². The zero-order valence-electron chi connectivity index (χ0n) is 9.19. The number of aromatic nitrogens is 2. The van der Waals surface area contributed by atoms with Crippen molar-refractivity contribution in [3.8, 4) is 0 Å². The number of nitrogens with one attached hydrogen (secondary N) is 1. The van der Waals surface area contributed by atoms with Crippen molar-refractivity contribution in [2.75, 3.05) is 0 Å². The van der Waals surface area contributed by atoms with Gasteiger partial charge in [0.2, 0.25) is 0 Å². The van der Waals surface area contributed by atoms with E-state index in [1.54, 1.807) is 6.20 Å². The average molecular weight is 316 g/mol. The minimum atomic E-state index is -0.236. The van der Waals surface area contributed by atoms with E-state index in [1.165, 1.54) is 0 Å². The van der Waals surface area contributed by atoms with Crippen molar-refractivity contribution >= 4 is 27.5 Å². The van der Waals surface area contributed by atoms with Gasteiger partial charge < -0.3 is 4.57 Å². The van der Waals surface area contributed by atoms with E-state index in [1.807, 2.05) is 36.0 Å². The van der Waals surface area contributed by atoms with Crippen LogP contribution in [-0.4, -0.2) is 9.55 Å². The van der Waals surface area contributed by atoms with Crippen LogP contribution in [0.5, 0.6) is 0 Å². The van der Waals surface area contributed by atoms with E-state index in [4.69, 9.17) is 17.4 Å². The summed E-state index contributed by atoms with van der Waals surface area (Å²) in [6.45, 7) is 0. The number of hydrogen-bond acceptors (Lipinski definition) is 3. The van der Waals surface area contributed by atoms with E-state index in [-0.39, 0.29) is 6.04 Å². The molecule has 1 heterocycles. The largest absolute Gasteiger partial charge is 0.336 e. The van der Waals surface area contributed by atoms with Gasteiger partial charge in [-0.3, -0.25) is 5.84 Å². The maximum Gasteiger partial charge on any atom is 0.131 e. The Morgan fingerprint density at radius 3 is 2.88 bits per heavy atom. The Bertz CT molecular complexity index is 526. The predicted molar refractivity (Wildman–Crippen MR) is 71.5 cm³/mol. The molecule has 0 aliphatic carbocycles. The van der Waals surface area contributed by atoms with E-state index >= 15 is 0 Å². The fraction of sp³-hybridized carbons (Fsp3) is 0.182. The molecule has 1 unspecified atom stereocenters. The number of nitrogens with two attached hydrogens (primary N) is 1. The number of imidazole rings is 1. The molecule has 0 aliphatic rings. The maximum absolute atomic E-state index is 6.26. The number of hydrazine groups is 1. The molecule has 1 aromatic heterocycles. The first-order valence-corrected chi connectivity index (χ1v) is 6.19. The number of benzene rings is 1. The van der Waals surface area contributed by atoms with Gasteiger partial charge >= 0.3 is 0 Å². The van der Waals surface area contributed by atoms with Crippen LogP contribution in [0.3, 0.4) is 0 Å². The summed E-state index contributed by atoms with van der Waals surface area (Å²) in [5.41, 5.74) is 3.63. The van der Waals surface area contributed by atoms with E-state index in [0.29, 0.717) is 5.02 Å². The van der Waals surface area contributed by atoms with Crippen molar-refractivity contribution in [2.24, 2.45) is 12.9 Å². The summed E-state index contributed by atoms with van der Waals surface area (Å²) in [7, 11) is 1.92. The van der Waals surface area contributed by atoms with Gasteiger partial charge in [0.25, 0.3) is 0 Å². The first-order valence-electron chi connectivity index (χ1n) is 5.02. The first kappa shape index (κ1) is 12.6. The van der Waals surface area contributed by atoms with Gasteiger partial charge in [-0.15, -0.1) is 0 Å². The van der Waals surface area contributed by atoms with Crippen LogP contribution in [-0.2, 0) is 7.05 Å². The molecule has 0 spiro atoms. The molecular formula is C11H12BrClN4. The lowest BCUT2D eigenvalue weighted by Crippen LogP contribution is -2.31. The Labute approximate surface area is 113 Å². The van der Waals surface area contributed by atoms with Gasteiger partial charge in [0.15, 0.2) is 0 Å². The standard InChI is InChI=1S/C11H12BrClN4/c1-17-6-5-15-11(17)10(16-14)7-3-2-4-8(12)9(7)13/h2-6,10,16H,14H2,1H3. The quantitative estimate of drug-likeness (QED) is 0.675. The molecule has 0 amide bonds. The molecule has 17 heavy (non-hydrogen) atoms. The fourth-order valence-corrected chi connectivity index (χ4v) is 2.32. The normalized spacial score (nSPS) is 12.7. The molecule has 1 atom stereocenters. The molecule has 2 rings (SSSR count). The third-order valence-electron chi connectivity index (χ3n) is 2.58. The Hall–Kier alpha value is -0.880. The van der Waals surface area contributed by atoms with Gasteiger partial charge in [-0.25, -0.2) is 10.4 Å². The number of hydrogen-bond donors (Lipinski definition) is 2. The lowest BCUT2D eigenvalue weighted by molar-refractivity contribution is 0.580. The van der Waals surface area contributed by atoms with Crippen LogP contribution in [0.15, 0.2) is 35.1 Å². The van der Waals surface area contributed by atoms with Gasteiger partial charge in [-0.05, 0) is 27.6 Å². The number of rotatable bonds is 3. The molecule has 0 saturated carbocycles. The zero-order valence-corrected chi connectivity index (χ0v) is 11.5. The SMILES string of the molecule is Cn1ccnc1C(NN)c1cccc(Br)c1Cl. The summed E-state index contributed by atoms with van der Waals surface area (Å²) in [6, 6.07) is 5.49. The highest BCUT2D eigenvalue weighted by Crippen LogP contribution is 2.32. The fourth-order valence-electron chi connectivity index (χ4n) is 1.70. The van der Waals surface area contributed by atoms with Crippen LogP contribution in [0.1, 0.15) is 17.4 Å². The molecule has 0 fully saturated rings. The molecule has 90 valence electrons. The predicted octanol–water partition coefficient (Wildman–Crippen LogP) is 2.39. The first-order chi connectivity index (χ1) is 8.15.